The number of benzene rings is 3. The van der Waals surface area contributed by atoms with E-state index in [9.17, 15) is 23.5 Å². The van der Waals surface area contributed by atoms with E-state index < -0.39 is 42.1 Å². The van der Waals surface area contributed by atoms with E-state index in [-0.39, 0.29) is 12.5 Å². The zero-order valence-corrected chi connectivity index (χ0v) is 16.8. The van der Waals surface area contributed by atoms with Crippen LogP contribution in [0, 0.1) is 11.6 Å². The number of hydrogen-bond donors (Lipinski definition) is 2. The predicted molar refractivity (Wildman–Crippen MR) is 111 cm³/mol. The molecule has 1 aliphatic rings. The van der Waals surface area contributed by atoms with Gasteiger partial charge in [0.05, 0.1) is 6.54 Å². The van der Waals surface area contributed by atoms with Crippen LogP contribution in [0.15, 0.2) is 66.7 Å². The Morgan fingerprint density at radius 3 is 2.19 bits per heavy atom. The molecule has 32 heavy (non-hydrogen) atoms. The molecule has 0 radical (unpaired) electrons. The molecular formula is C24H19F2NO5. The number of carboxylic acid groups (broad SMARTS) is 1. The standard InChI is InChI=1S/C24H19F2NO5/c25-19-10-5-11-20(22(19)26)32-21(23(28)29)12-27-24(30)31-13-18-16-8-3-1-6-14(16)15-7-2-4-9-17(15)18/h1-11,18,21H,12-13H2,(H,27,30)(H,28,29). The van der Waals surface area contributed by atoms with Crippen molar-refractivity contribution >= 4 is 12.1 Å². The van der Waals surface area contributed by atoms with Gasteiger partial charge in [0, 0.05) is 5.92 Å². The van der Waals surface area contributed by atoms with Crippen LogP contribution >= 0.6 is 0 Å². The Balaban J connectivity index is 1.38. The maximum atomic E-state index is 13.8. The molecule has 1 amide bonds. The molecule has 0 aliphatic heterocycles. The largest absolute Gasteiger partial charge is 0.478 e. The molecule has 1 unspecified atom stereocenters. The molecule has 8 heteroatoms. The summed E-state index contributed by atoms with van der Waals surface area (Å²) in [5, 5.41) is 11.6. The van der Waals surface area contributed by atoms with Crippen LogP contribution in [0.5, 0.6) is 5.75 Å². The second-order valence-corrected chi connectivity index (χ2v) is 7.20. The number of nitrogens with one attached hydrogen (secondary N) is 1. The zero-order chi connectivity index (χ0) is 22.7. The fourth-order valence-corrected chi connectivity index (χ4v) is 3.73. The van der Waals surface area contributed by atoms with Gasteiger partial charge in [-0.1, -0.05) is 54.6 Å². The number of aliphatic carboxylic acids is 1. The van der Waals surface area contributed by atoms with E-state index in [1.165, 1.54) is 6.07 Å². The maximum Gasteiger partial charge on any atom is 0.407 e. The van der Waals surface area contributed by atoms with E-state index in [1.54, 1.807) is 0 Å². The monoisotopic (exact) mass is 439 g/mol. The second-order valence-electron chi connectivity index (χ2n) is 7.20. The minimum Gasteiger partial charge on any atom is -0.478 e. The quantitative estimate of drug-likeness (QED) is 0.572. The first-order valence-electron chi connectivity index (χ1n) is 9.88. The van der Waals surface area contributed by atoms with E-state index in [2.05, 4.69) is 5.32 Å². The SMILES string of the molecule is O=C(NCC(Oc1cccc(F)c1F)C(=O)O)OCC1c2ccccc2-c2ccccc21. The lowest BCUT2D eigenvalue weighted by Gasteiger charge is -2.17. The summed E-state index contributed by atoms with van der Waals surface area (Å²) in [7, 11) is 0. The molecule has 1 aliphatic carbocycles. The highest BCUT2D eigenvalue weighted by atomic mass is 19.2. The van der Waals surface area contributed by atoms with Crippen LogP contribution in [0.2, 0.25) is 0 Å². The third-order valence-electron chi connectivity index (χ3n) is 5.24. The lowest BCUT2D eigenvalue weighted by atomic mass is 9.98. The highest BCUT2D eigenvalue weighted by molar-refractivity contribution is 5.79. The van der Waals surface area contributed by atoms with Crippen LogP contribution in [0.25, 0.3) is 11.1 Å². The summed E-state index contributed by atoms with van der Waals surface area (Å²) in [6, 6.07) is 18.9. The maximum absolute atomic E-state index is 13.8. The highest BCUT2D eigenvalue weighted by Crippen LogP contribution is 2.44. The lowest BCUT2D eigenvalue weighted by Crippen LogP contribution is -2.41. The number of halogens is 2. The number of carbonyl (C=O) groups excluding carboxylic acids is 1. The fourth-order valence-electron chi connectivity index (χ4n) is 3.73. The first-order valence-corrected chi connectivity index (χ1v) is 9.88. The number of fused-ring (bicyclic) bond motifs is 3. The molecule has 3 aromatic carbocycles. The van der Waals surface area contributed by atoms with Crippen LogP contribution in [0.4, 0.5) is 13.6 Å². The normalized spacial score (nSPS) is 13.1. The summed E-state index contributed by atoms with van der Waals surface area (Å²) in [4.78, 5) is 23.6. The summed E-state index contributed by atoms with van der Waals surface area (Å²) in [6.07, 6.45) is -2.48. The van der Waals surface area contributed by atoms with Crippen LogP contribution in [0.3, 0.4) is 0 Å². The van der Waals surface area contributed by atoms with Crippen molar-refractivity contribution in [3.05, 3.63) is 89.5 Å². The van der Waals surface area contributed by atoms with Gasteiger partial charge in [-0.15, -0.1) is 0 Å². The van der Waals surface area contributed by atoms with Gasteiger partial charge in [0.25, 0.3) is 0 Å². The van der Waals surface area contributed by atoms with Gasteiger partial charge in [0.15, 0.2) is 11.6 Å². The minimum atomic E-state index is -1.63. The number of ether oxygens (including phenoxy) is 2. The smallest absolute Gasteiger partial charge is 0.407 e. The number of carbonyl (C=O) groups is 2. The molecule has 0 aromatic heterocycles. The molecule has 0 saturated heterocycles. The van der Waals surface area contributed by atoms with Crippen LogP contribution in [-0.2, 0) is 9.53 Å². The van der Waals surface area contributed by atoms with E-state index >= 15 is 0 Å². The van der Waals surface area contributed by atoms with Gasteiger partial charge in [0.1, 0.15) is 6.61 Å². The number of carboxylic acids is 1. The van der Waals surface area contributed by atoms with Gasteiger partial charge >= 0.3 is 12.1 Å². The Labute approximate surface area is 182 Å². The van der Waals surface area contributed by atoms with Crippen LogP contribution in [0.1, 0.15) is 17.0 Å². The molecule has 0 heterocycles. The topological polar surface area (TPSA) is 84.9 Å². The molecule has 0 spiro atoms. The number of hydrogen-bond acceptors (Lipinski definition) is 4. The van der Waals surface area contributed by atoms with Gasteiger partial charge in [-0.25, -0.2) is 14.0 Å². The number of rotatable bonds is 7. The molecule has 0 saturated carbocycles. The molecule has 164 valence electrons. The van der Waals surface area contributed by atoms with E-state index in [4.69, 9.17) is 9.47 Å². The zero-order valence-electron chi connectivity index (χ0n) is 16.8. The third kappa shape index (κ3) is 4.25. The summed E-state index contributed by atoms with van der Waals surface area (Å²) in [5.74, 6) is -4.64. The lowest BCUT2D eigenvalue weighted by molar-refractivity contribution is -0.144. The number of alkyl carbamates (subject to hydrolysis) is 1. The van der Waals surface area contributed by atoms with Crippen molar-refractivity contribution in [2.45, 2.75) is 12.0 Å². The van der Waals surface area contributed by atoms with Crippen molar-refractivity contribution in [2.75, 3.05) is 13.2 Å². The van der Waals surface area contributed by atoms with E-state index in [0.29, 0.717) is 0 Å². The molecule has 0 fully saturated rings. The van der Waals surface area contributed by atoms with Crippen LogP contribution in [-0.4, -0.2) is 36.4 Å². The third-order valence-corrected chi connectivity index (χ3v) is 5.24. The second kappa shape index (κ2) is 9.05. The summed E-state index contributed by atoms with van der Waals surface area (Å²) in [5.41, 5.74) is 4.23. The molecule has 6 nitrogen and oxygen atoms in total. The van der Waals surface area contributed by atoms with Crippen molar-refractivity contribution < 1.29 is 33.0 Å². The molecular weight excluding hydrogens is 420 g/mol. The molecule has 1 atom stereocenters. The van der Waals surface area contributed by atoms with E-state index in [1.807, 2.05) is 48.5 Å². The first-order chi connectivity index (χ1) is 15.5. The van der Waals surface area contributed by atoms with Gasteiger partial charge in [-0.2, -0.15) is 4.39 Å². The van der Waals surface area contributed by atoms with Crippen molar-refractivity contribution in [3.63, 3.8) is 0 Å². The minimum absolute atomic E-state index is 0.0526. The van der Waals surface area contributed by atoms with Gasteiger partial charge in [-0.3, -0.25) is 0 Å². The average Bonchev–Trinajstić information content (AvgIpc) is 3.11. The Hall–Kier alpha value is -3.94. The Bertz CT molecular complexity index is 1120. The highest BCUT2D eigenvalue weighted by Gasteiger charge is 2.29. The first kappa shape index (κ1) is 21.3. The van der Waals surface area contributed by atoms with Crippen molar-refractivity contribution in [2.24, 2.45) is 0 Å². The van der Waals surface area contributed by atoms with Gasteiger partial charge in [0.2, 0.25) is 11.9 Å². The van der Waals surface area contributed by atoms with Crippen molar-refractivity contribution in [1.29, 1.82) is 0 Å². The Morgan fingerprint density at radius 1 is 0.938 bits per heavy atom. The van der Waals surface area contributed by atoms with Crippen molar-refractivity contribution in [3.8, 4) is 16.9 Å². The predicted octanol–water partition coefficient (Wildman–Crippen LogP) is 4.34. The van der Waals surface area contributed by atoms with Crippen molar-refractivity contribution in [1.82, 2.24) is 5.32 Å². The Kier molecular flexibility index (Phi) is 6.02. The fraction of sp³-hybridized carbons (Fsp3) is 0.167. The van der Waals surface area contributed by atoms with E-state index in [0.717, 1.165) is 34.4 Å². The summed E-state index contributed by atoms with van der Waals surface area (Å²) < 4.78 is 37.4. The summed E-state index contributed by atoms with van der Waals surface area (Å²) in [6.45, 7) is -0.445. The molecule has 3 aromatic rings. The van der Waals surface area contributed by atoms with Gasteiger partial charge in [-0.05, 0) is 34.4 Å². The molecule has 4 rings (SSSR count). The molecule has 2 N–H and O–H groups in total. The molecule has 0 bridgehead atoms. The van der Waals surface area contributed by atoms with Crippen LogP contribution < -0.4 is 10.1 Å². The average molecular weight is 439 g/mol. The van der Waals surface area contributed by atoms with Gasteiger partial charge < -0.3 is 19.9 Å². The Morgan fingerprint density at radius 2 is 1.56 bits per heavy atom. The number of amides is 1. The summed E-state index contributed by atoms with van der Waals surface area (Å²) >= 11 is 0.